The Morgan fingerprint density at radius 3 is 2.69 bits per heavy atom. The van der Waals surface area contributed by atoms with Crippen molar-refractivity contribution in [1.82, 2.24) is 0 Å². The number of hydrogen-bond acceptors (Lipinski definition) is 2. The van der Waals surface area contributed by atoms with E-state index in [-0.39, 0.29) is 11.8 Å². The summed E-state index contributed by atoms with van der Waals surface area (Å²) in [5.74, 6) is -0.204. The summed E-state index contributed by atoms with van der Waals surface area (Å²) in [6, 6.07) is 1.82. The van der Waals surface area contributed by atoms with E-state index in [0.717, 1.165) is 10.2 Å². The molecule has 1 saturated carbocycles. The maximum Gasteiger partial charge on any atom is 0.307 e. The highest BCUT2D eigenvalue weighted by Crippen LogP contribution is 2.49. The molecule has 1 aliphatic rings. The van der Waals surface area contributed by atoms with Crippen molar-refractivity contribution in [2.75, 3.05) is 0 Å². The number of carbonyl (C=O) groups is 1. The Balaban J connectivity index is 2.16. The predicted molar refractivity (Wildman–Crippen MR) is 52.6 cm³/mol. The molecule has 1 N–H and O–H groups in total. The number of halogens is 2. The Morgan fingerprint density at radius 1 is 1.62 bits per heavy atom. The molecule has 0 amide bonds. The standard InChI is InChI=1S/C8H6Br2O3/c9-5-2-6(13-7(5)10)3-1-4(3)8(11)12/h2-4H,1H2,(H,11,12). The molecule has 0 bridgehead atoms. The first-order valence-electron chi connectivity index (χ1n) is 3.77. The fourth-order valence-corrected chi connectivity index (χ4v) is 1.94. The van der Waals surface area contributed by atoms with Gasteiger partial charge in [-0.15, -0.1) is 0 Å². The second kappa shape index (κ2) is 3.13. The van der Waals surface area contributed by atoms with E-state index in [2.05, 4.69) is 31.9 Å². The number of carboxylic acids is 1. The lowest BCUT2D eigenvalue weighted by molar-refractivity contribution is -0.138. The Morgan fingerprint density at radius 2 is 2.31 bits per heavy atom. The Kier molecular flexibility index (Phi) is 2.23. The van der Waals surface area contributed by atoms with E-state index in [1.54, 1.807) is 0 Å². The zero-order valence-corrected chi connectivity index (χ0v) is 9.63. The van der Waals surface area contributed by atoms with Crippen LogP contribution in [0.15, 0.2) is 19.6 Å². The molecule has 5 heteroatoms. The molecule has 2 rings (SSSR count). The van der Waals surface area contributed by atoms with Gasteiger partial charge in [0.2, 0.25) is 0 Å². The average molecular weight is 310 g/mol. The molecule has 2 unspecified atom stereocenters. The molecule has 0 aliphatic heterocycles. The highest BCUT2D eigenvalue weighted by molar-refractivity contribution is 9.13. The minimum Gasteiger partial charge on any atom is -0.481 e. The van der Waals surface area contributed by atoms with Gasteiger partial charge in [-0.2, -0.15) is 0 Å². The van der Waals surface area contributed by atoms with Crippen molar-refractivity contribution in [2.45, 2.75) is 12.3 Å². The average Bonchev–Trinajstić information content (AvgIpc) is 2.76. The van der Waals surface area contributed by atoms with E-state index >= 15 is 0 Å². The lowest BCUT2D eigenvalue weighted by Gasteiger charge is -1.89. The van der Waals surface area contributed by atoms with E-state index in [1.165, 1.54) is 0 Å². The van der Waals surface area contributed by atoms with Crippen LogP contribution in [0.5, 0.6) is 0 Å². The molecular weight excluding hydrogens is 304 g/mol. The molecular formula is C8H6Br2O3. The molecule has 1 aromatic heterocycles. The lowest BCUT2D eigenvalue weighted by Crippen LogP contribution is -1.98. The van der Waals surface area contributed by atoms with E-state index in [4.69, 9.17) is 9.52 Å². The zero-order valence-electron chi connectivity index (χ0n) is 6.46. The SMILES string of the molecule is O=C(O)C1CC1c1cc(Br)c(Br)o1. The molecule has 0 aromatic carbocycles. The van der Waals surface area contributed by atoms with Crippen LogP contribution in [0.1, 0.15) is 18.1 Å². The highest BCUT2D eigenvalue weighted by Gasteiger charge is 2.46. The van der Waals surface area contributed by atoms with Crippen LogP contribution < -0.4 is 0 Å². The van der Waals surface area contributed by atoms with Crippen LogP contribution in [0.3, 0.4) is 0 Å². The summed E-state index contributed by atoms with van der Waals surface area (Å²) in [7, 11) is 0. The van der Waals surface area contributed by atoms with Crippen LogP contribution in [-0.2, 0) is 4.79 Å². The third kappa shape index (κ3) is 1.67. The monoisotopic (exact) mass is 308 g/mol. The summed E-state index contributed by atoms with van der Waals surface area (Å²) in [6.45, 7) is 0. The topological polar surface area (TPSA) is 50.4 Å². The first-order valence-corrected chi connectivity index (χ1v) is 5.35. The van der Waals surface area contributed by atoms with Crippen LogP contribution in [0.4, 0.5) is 0 Å². The number of aliphatic carboxylic acids is 1. The lowest BCUT2D eigenvalue weighted by atomic mass is 10.2. The van der Waals surface area contributed by atoms with Gasteiger partial charge in [0.1, 0.15) is 5.76 Å². The van der Waals surface area contributed by atoms with Gasteiger partial charge in [0.15, 0.2) is 4.67 Å². The van der Waals surface area contributed by atoms with Crippen LogP contribution in [-0.4, -0.2) is 11.1 Å². The summed E-state index contributed by atoms with van der Waals surface area (Å²) in [5.41, 5.74) is 0. The van der Waals surface area contributed by atoms with Gasteiger partial charge in [-0.3, -0.25) is 4.79 Å². The van der Waals surface area contributed by atoms with Crippen molar-refractivity contribution < 1.29 is 14.3 Å². The third-order valence-electron chi connectivity index (χ3n) is 2.14. The van der Waals surface area contributed by atoms with Gasteiger partial charge in [0.05, 0.1) is 10.4 Å². The summed E-state index contributed by atoms with van der Waals surface area (Å²) in [6.07, 6.45) is 0.682. The molecule has 1 heterocycles. The highest BCUT2D eigenvalue weighted by atomic mass is 79.9. The maximum absolute atomic E-state index is 10.6. The molecule has 3 nitrogen and oxygen atoms in total. The zero-order chi connectivity index (χ0) is 9.59. The van der Waals surface area contributed by atoms with Gasteiger partial charge in [-0.05, 0) is 44.3 Å². The Labute approximate surface area is 91.4 Å². The number of furan rings is 1. The largest absolute Gasteiger partial charge is 0.481 e. The van der Waals surface area contributed by atoms with Crippen molar-refractivity contribution in [3.63, 3.8) is 0 Å². The van der Waals surface area contributed by atoms with Gasteiger partial charge < -0.3 is 9.52 Å². The van der Waals surface area contributed by atoms with Crippen molar-refractivity contribution in [2.24, 2.45) is 5.92 Å². The minimum absolute atomic E-state index is 0.0556. The normalized spacial score (nSPS) is 26.0. The Bertz CT molecular complexity index is 339. The number of hydrogen-bond donors (Lipinski definition) is 1. The van der Waals surface area contributed by atoms with Crippen LogP contribution >= 0.6 is 31.9 Å². The molecule has 1 fully saturated rings. The van der Waals surface area contributed by atoms with Crippen molar-refractivity contribution in [1.29, 1.82) is 0 Å². The molecule has 1 aliphatic carbocycles. The maximum atomic E-state index is 10.6. The summed E-state index contributed by atoms with van der Waals surface area (Å²) in [4.78, 5) is 10.6. The first kappa shape index (κ1) is 9.27. The van der Waals surface area contributed by atoms with Crippen molar-refractivity contribution in [3.05, 3.63) is 21.0 Å². The molecule has 0 saturated heterocycles. The Hall–Kier alpha value is -0.290. The van der Waals surface area contributed by atoms with Crippen LogP contribution in [0.2, 0.25) is 0 Å². The molecule has 70 valence electrons. The smallest absolute Gasteiger partial charge is 0.307 e. The predicted octanol–water partition coefficient (Wildman–Crippen LogP) is 2.99. The van der Waals surface area contributed by atoms with E-state index in [1.807, 2.05) is 6.07 Å². The molecule has 13 heavy (non-hydrogen) atoms. The first-order chi connectivity index (χ1) is 6.09. The quantitative estimate of drug-likeness (QED) is 0.913. The molecule has 2 atom stereocenters. The van der Waals surface area contributed by atoms with E-state index in [9.17, 15) is 4.79 Å². The van der Waals surface area contributed by atoms with Gasteiger partial charge in [-0.1, -0.05) is 0 Å². The number of rotatable bonds is 2. The fraction of sp³-hybridized carbons (Fsp3) is 0.375. The number of carboxylic acid groups (broad SMARTS) is 1. The molecule has 1 aromatic rings. The van der Waals surface area contributed by atoms with Gasteiger partial charge in [0.25, 0.3) is 0 Å². The summed E-state index contributed by atoms with van der Waals surface area (Å²) < 4.78 is 6.78. The van der Waals surface area contributed by atoms with Crippen LogP contribution in [0.25, 0.3) is 0 Å². The summed E-state index contributed by atoms with van der Waals surface area (Å²) >= 11 is 6.49. The fourth-order valence-electron chi connectivity index (χ4n) is 1.33. The van der Waals surface area contributed by atoms with Gasteiger partial charge >= 0.3 is 5.97 Å². The van der Waals surface area contributed by atoms with Crippen molar-refractivity contribution in [3.8, 4) is 0 Å². The van der Waals surface area contributed by atoms with Gasteiger partial charge in [-0.25, -0.2) is 0 Å². The van der Waals surface area contributed by atoms with E-state index in [0.29, 0.717) is 11.1 Å². The second-order valence-corrected chi connectivity index (χ2v) is 4.63. The molecule has 0 spiro atoms. The second-order valence-electron chi connectivity index (χ2n) is 3.06. The minimum atomic E-state index is -0.742. The van der Waals surface area contributed by atoms with Crippen molar-refractivity contribution >= 4 is 37.8 Å². The van der Waals surface area contributed by atoms with E-state index < -0.39 is 5.97 Å². The van der Waals surface area contributed by atoms with Gasteiger partial charge in [0, 0.05) is 5.92 Å². The third-order valence-corrected chi connectivity index (χ3v) is 3.85. The summed E-state index contributed by atoms with van der Waals surface area (Å²) in [5, 5.41) is 8.70. The van der Waals surface area contributed by atoms with Crippen LogP contribution in [0, 0.1) is 5.92 Å². The molecule has 0 radical (unpaired) electrons.